The van der Waals surface area contributed by atoms with Crippen molar-refractivity contribution < 1.29 is 4.74 Å². The summed E-state index contributed by atoms with van der Waals surface area (Å²) < 4.78 is 6.09. The normalized spacial score (nSPS) is 40.3. The van der Waals surface area contributed by atoms with Crippen molar-refractivity contribution in [1.82, 2.24) is 0 Å². The third kappa shape index (κ3) is 8.20. The van der Waals surface area contributed by atoms with Gasteiger partial charge in [0.1, 0.15) is 0 Å². The topological polar surface area (TPSA) is 9.23 Å². The summed E-state index contributed by atoms with van der Waals surface area (Å²) in [6.45, 7) is 21.8. The van der Waals surface area contributed by atoms with Crippen LogP contribution in [0, 0.1) is 71.0 Å². The first-order valence-electron chi connectivity index (χ1n) is 22.6. The minimum Gasteiger partial charge on any atom is -0.376 e. The minimum absolute atomic E-state index is 0.0113. The predicted octanol–water partition coefficient (Wildman–Crippen LogP) is 14.4. The van der Waals surface area contributed by atoms with Crippen LogP contribution < -0.4 is 0 Å². The van der Waals surface area contributed by atoms with Crippen molar-refractivity contribution in [3.05, 3.63) is 0 Å². The molecule has 6 aliphatic carbocycles. The van der Waals surface area contributed by atoms with Gasteiger partial charge in [-0.3, -0.25) is 0 Å². The summed E-state index contributed by atoms with van der Waals surface area (Å²) in [4.78, 5) is 0. The van der Waals surface area contributed by atoms with E-state index in [0.717, 1.165) is 88.7 Å². The molecular formula is C46H84OSi. The second kappa shape index (κ2) is 16.5. The first-order valence-corrected chi connectivity index (χ1v) is 25.8. The summed E-state index contributed by atoms with van der Waals surface area (Å²) in [5.74, 6) is 12.5. The molecule has 278 valence electrons. The Hall–Kier alpha value is 0.177. The Labute approximate surface area is 302 Å². The standard InChI is InChI=1S/C46H84OSi/c1-32(2)41-31-42-37(34-21-13-11-14-22-34)26-19-28-39(42)45(41)48(7,8)44-33(3)36(25-17-9-10-18-30-47-46(4,5)6)43-38(27-20-29-40(43)44)35-23-15-12-16-24-35/h32-45H,9-31H2,1-8H3. The van der Waals surface area contributed by atoms with Crippen LogP contribution in [0.3, 0.4) is 0 Å². The molecule has 0 bridgehead atoms. The molecule has 6 aliphatic rings. The molecule has 6 rings (SSSR count). The molecule has 0 heterocycles. The van der Waals surface area contributed by atoms with Gasteiger partial charge in [0.2, 0.25) is 0 Å². The molecule has 0 saturated heterocycles. The zero-order valence-corrected chi connectivity index (χ0v) is 34.8. The van der Waals surface area contributed by atoms with Crippen LogP contribution in [0.4, 0.5) is 0 Å². The maximum absolute atomic E-state index is 6.09. The summed E-state index contributed by atoms with van der Waals surface area (Å²) in [6, 6.07) is 0. The van der Waals surface area contributed by atoms with Crippen LogP contribution in [0.5, 0.6) is 0 Å². The molecule has 0 amide bonds. The van der Waals surface area contributed by atoms with E-state index in [1.807, 2.05) is 0 Å². The van der Waals surface area contributed by atoms with Gasteiger partial charge in [0.15, 0.2) is 0 Å². The highest BCUT2D eigenvalue weighted by molar-refractivity contribution is 6.80. The van der Waals surface area contributed by atoms with Gasteiger partial charge in [0.05, 0.1) is 13.7 Å². The van der Waals surface area contributed by atoms with Crippen LogP contribution in [0.15, 0.2) is 0 Å². The van der Waals surface area contributed by atoms with Gasteiger partial charge in [0.25, 0.3) is 0 Å². The second-order valence-electron chi connectivity index (χ2n) is 21.3. The van der Waals surface area contributed by atoms with Gasteiger partial charge in [-0.25, -0.2) is 0 Å². The Kier molecular flexibility index (Phi) is 13.0. The molecule has 0 aromatic heterocycles. The average molecular weight is 681 g/mol. The fourth-order valence-corrected chi connectivity index (χ4v) is 22.1. The molecule has 6 fully saturated rings. The van der Waals surface area contributed by atoms with Crippen molar-refractivity contribution in [1.29, 1.82) is 0 Å². The first-order chi connectivity index (χ1) is 23.0. The Morgan fingerprint density at radius 2 is 1.17 bits per heavy atom. The Morgan fingerprint density at radius 3 is 1.79 bits per heavy atom. The number of fused-ring (bicyclic) bond motifs is 2. The van der Waals surface area contributed by atoms with Gasteiger partial charge in [-0.2, -0.15) is 0 Å². The van der Waals surface area contributed by atoms with Gasteiger partial charge >= 0.3 is 0 Å². The molecule has 6 saturated carbocycles. The highest BCUT2D eigenvalue weighted by Crippen LogP contribution is 2.69. The smallest absolute Gasteiger partial charge is 0.0598 e. The summed E-state index contributed by atoms with van der Waals surface area (Å²) in [6.07, 6.45) is 33.6. The molecule has 2 heteroatoms. The second-order valence-corrected chi connectivity index (χ2v) is 26.2. The van der Waals surface area contributed by atoms with Gasteiger partial charge in [0, 0.05) is 6.61 Å². The Morgan fingerprint density at radius 1 is 0.604 bits per heavy atom. The number of hydrogen-bond acceptors (Lipinski definition) is 1. The maximum Gasteiger partial charge on any atom is 0.0598 e. The maximum atomic E-state index is 6.09. The lowest BCUT2D eigenvalue weighted by molar-refractivity contribution is -0.00482. The van der Waals surface area contributed by atoms with Gasteiger partial charge < -0.3 is 4.74 Å². The van der Waals surface area contributed by atoms with E-state index in [9.17, 15) is 0 Å². The van der Waals surface area contributed by atoms with Crippen LogP contribution in [0.1, 0.15) is 183 Å². The highest BCUT2D eigenvalue weighted by Gasteiger charge is 2.63. The predicted molar refractivity (Wildman–Crippen MR) is 211 cm³/mol. The number of ether oxygens (including phenoxy) is 1. The molecule has 11 unspecified atom stereocenters. The van der Waals surface area contributed by atoms with Gasteiger partial charge in [-0.1, -0.05) is 143 Å². The van der Waals surface area contributed by atoms with E-state index in [-0.39, 0.29) is 5.60 Å². The molecular weight excluding hydrogens is 597 g/mol. The summed E-state index contributed by atoms with van der Waals surface area (Å²) in [5, 5.41) is 0. The van der Waals surface area contributed by atoms with Crippen molar-refractivity contribution in [3.63, 3.8) is 0 Å². The number of unbranched alkanes of at least 4 members (excludes halogenated alkanes) is 3. The Balaban J connectivity index is 1.23. The molecule has 0 radical (unpaired) electrons. The van der Waals surface area contributed by atoms with Crippen LogP contribution in [-0.2, 0) is 4.74 Å². The van der Waals surface area contributed by atoms with E-state index in [1.54, 1.807) is 77.0 Å². The monoisotopic (exact) mass is 681 g/mol. The van der Waals surface area contributed by atoms with Gasteiger partial charge in [-0.15, -0.1) is 0 Å². The van der Waals surface area contributed by atoms with Crippen LogP contribution >= 0.6 is 0 Å². The van der Waals surface area contributed by atoms with Crippen molar-refractivity contribution in [2.24, 2.45) is 71.0 Å². The van der Waals surface area contributed by atoms with Crippen molar-refractivity contribution >= 4 is 8.07 Å². The largest absolute Gasteiger partial charge is 0.376 e. The summed E-state index contributed by atoms with van der Waals surface area (Å²) in [7, 11) is -1.54. The molecule has 0 aliphatic heterocycles. The van der Waals surface area contributed by atoms with E-state index in [1.165, 1.54) is 64.2 Å². The molecule has 1 nitrogen and oxygen atoms in total. The minimum atomic E-state index is -1.54. The van der Waals surface area contributed by atoms with E-state index in [2.05, 4.69) is 54.6 Å². The summed E-state index contributed by atoms with van der Waals surface area (Å²) in [5.41, 5.74) is 2.19. The van der Waals surface area contributed by atoms with E-state index in [0.29, 0.717) is 0 Å². The van der Waals surface area contributed by atoms with Crippen molar-refractivity contribution in [2.75, 3.05) is 6.61 Å². The zero-order valence-electron chi connectivity index (χ0n) is 33.8. The van der Waals surface area contributed by atoms with Crippen LogP contribution in [0.25, 0.3) is 0 Å². The van der Waals surface area contributed by atoms with E-state index >= 15 is 0 Å². The molecule has 0 aromatic rings. The van der Waals surface area contributed by atoms with Crippen LogP contribution in [0.2, 0.25) is 24.2 Å². The SMILES string of the molecule is CC(C)C1CC2C(C3CCCCC3)CCCC2C1[Si](C)(C)C1C(C)C(CCCCCCOC(C)(C)C)C2C(C3CCCCC3)CCCC21. The van der Waals surface area contributed by atoms with Crippen molar-refractivity contribution in [3.8, 4) is 0 Å². The molecule has 0 N–H and O–H groups in total. The summed E-state index contributed by atoms with van der Waals surface area (Å²) >= 11 is 0. The quantitative estimate of drug-likeness (QED) is 0.147. The van der Waals surface area contributed by atoms with Gasteiger partial charge in [-0.05, 0) is 135 Å². The zero-order chi connectivity index (χ0) is 34.1. The number of hydrogen-bond donors (Lipinski definition) is 0. The lowest BCUT2D eigenvalue weighted by Crippen LogP contribution is -2.48. The van der Waals surface area contributed by atoms with Crippen LogP contribution in [-0.4, -0.2) is 20.3 Å². The van der Waals surface area contributed by atoms with E-state index in [4.69, 9.17) is 4.74 Å². The third-order valence-corrected chi connectivity index (χ3v) is 22.2. The van der Waals surface area contributed by atoms with Crippen molar-refractivity contribution in [2.45, 2.75) is 213 Å². The lowest BCUT2D eigenvalue weighted by atomic mass is 9.62. The fraction of sp³-hybridized carbons (Fsp3) is 1.00. The third-order valence-electron chi connectivity index (χ3n) is 17.0. The van der Waals surface area contributed by atoms with E-state index < -0.39 is 8.07 Å². The fourth-order valence-electron chi connectivity index (χ4n) is 15.4. The lowest BCUT2D eigenvalue weighted by Gasteiger charge is -2.50. The molecule has 48 heavy (non-hydrogen) atoms. The highest BCUT2D eigenvalue weighted by atomic mass is 28.3. The first kappa shape index (κ1) is 37.9. The Bertz CT molecular complexity index is 967. The average Bonchev–Trinajstić information content (AvgIpc) is 3.61. The molecule has 11 atom stereocenters. The molecule has 0 aromatic carbocycles. The molecule has 0 spiro atoms. The number of rotatable bonds is 12.